The van der Waals surface area contributed by atoms with Crippen molar-refractivity contribution in [3.05, 3.63) is 32.6 Å². The van der Waals surface area contributed by atoms with Crippen LogP contribution in [0.15, 0.2) is 15.8 Å². The Morgan fingerprint density at radius 1 is 1.62 bits per heavy atom. The van der Waals surface area contributed by atoms with E-state index in [1.54, 1.807) is 6.92 Å². The van der Waals surface area contributed by atoms with Gasteiger partial charge in [-0.1, -0.05) is 0 Å². The fourth-order valence-corrected chi connectivity index (χ4v) is 2.55. The van der Waals surface area contributed by atoms with Crippen molar-refractivity contribution in [3.8, 4) is 0 Å². The highest BCUT2D eigenvalue weighted by Gasteiger charge is 2.47. The van der Waals surface area contributed by atoms with E-state index in [4.69, 9.17) is 10.6 Å². The second-order valence-electron chi connectivity index (χ2n) is 5.12. The molecular formula is C12H19N3O6. The number of aromatic amines is 1. The van der Waals surface area contributed by atoms with Crippen molar-refractivity contribution >= 4 is 0 Å². The highest BCUT2D eigenvalue weighted by molar-refractivity contribution is 5.04. The second kappa shape index (κ2) is 6.08. The number of ether oxygens (including phenoxy) is 1. The molecular weight excluding hydrogens is 282 g/mol. The van der Waals surface area contributed by atoms with Gasteiger partial charge >= 0.3 is 5.69 Å². The number of rotatable bonds is 5. The van der Waals surface area contributed by atoms with Crippen molar-refractivity contribution in [2.45, 2.75) is 37.7 Å². The van der Waals surface area contributed by atoms with E-state index < -0.39 is 29.2 Å². The average Bonchev–Trinajstić information content (AvgIpc) is 2.78. The summed E-state index contributed by atoms with van der Waals surface area (Å²) in [6.07, 6.45) is -0.131. The molecule has 0 unspecified atom stereocenters. The lowest BCUT2D eigenvalue weighted by molar-refractivity contribution is -0.132. The van der Waals surface area contributed by atoms with Crippen LogP contribution in [0.1, 0.15) is 18.4 Å². The summed E-state index contributed by atoms with van der Waals surface area (Å²) in [6, 6.07) is 0. The summed E-state index contributed by atoms with van der Waals surface area (Å²) in [7, 11) is 0. The lowest BCUT2D eigenvalue weighted by Gasteiger charge is -2.31. The van der Waals surface area contributed by atoms with Crippen molar-refractivity contribution in [1.82, 2.24) is 9.55 Å². The minimum Gasteiger partial charge on any atom is -0.394 e. The zero-order chi connectivity index (χ0) is 15.6. The Hall–Kier alpha value is -1.52. The number of aliphatic hydroxyl groups excluding tert-OH is 2. The van der Waals surface area contributed by atoms with Crippen LogP contribution in [-0.2, 0) is 15.3 Å². The van der Waals surface area contributed by atoms with Crippen molar-refractivity contribution in [1.29, 1.82) is 0 Å². The van der Waals surface area contributed by atoms with E-state index in [0.717, 1.165) is 0 Å². The summed E-state index contributed by atoms with van der Waals surface area (Å²) < 4.78 is 6.89. The van der Waals surface area contributed by atoms with Crippen molar-refractivity contribution in [2.75, 3.05) is 13.2 Å². The first-order valence-electron chi connectivity index (χ1n) is 6.55. The highest BCUT2D eigenvalue weighted by Crippen LogP contribution is 2.37. The normalized spacial score (nSPS) is 29.0. The molecule has 5 N–H and O–H groups in total. The van der Waals surface area contributed by atoms with Gasteiger partial charge in [0.15, 0.2) is 5.72 Å². The minimum atomic E-state index is -1.22. The third kappa shape index (κ3) is 2.92. The van der Waals surface area contributed by atoms with E-state index in [0.29, 0.717) is 5.56 Å². The molecule has 0 aliphatic carbocycles. The summed E-state index contributed by atoms with van der Waals surface area (Å²) in [6.45, 7) is 1.25. The van der Waals surface area contributed by atoms with Crippen LogP contribution in [0, 0.1) is 6.92 Å². The summed E-state index contributed by atoms with van der Waals surface area (Å²) >= 11 is 0. The van der Waals surface area contributed by atoms with Gasteiger partial charge in [-0.25, -0.2) is 10.7 Å². The summed E-state index contributed by atoms with van der Waals surface area (Å²) in [5.74, 6) is 5.02. The van der Waals surface area contributed by atoms with E-state index in [1.165, 1.54) is 10.8 Å². The molecule has 21 heavy (non-hydrogen) atoms. The number of nitrogens with one attached hydrogen (secondary N) is 1. The molecule has 3 atom stereocenters. The zero-order valence-electron chi connectivity index (χ0n) is 11.6. The first-order chi connectivity index (χ1) is 9.93. The van der Waals surface area contributed by atoms with Gasteiger partial charge < -0.3 is 19.8 Å². The Morgan fingerprint density at radius 2 is 2.33 bits per heavy atom. The van der Waals surface area contributed by atoms with Crippen LogP contribution in [0.3, 0.4) is 0 Å². The number of hydrogen-bond donors (Lipinski definition) is 4. The van der Waals surface area contributed by atoms with Gasteiger partial charge in [0.25, 0.3) is 5.56 Å². The topological polar surface area (TPSA) is 140 Å². The van der Waals surface area contributed by atoms with E-state index >= 15 is 0 Å². The van der Waals surface area contributed by atoms with Gasteiger partial charge in [-0.05, 0) is 6.92 Å². The number of H-pyrrole nitrogens is 1. The number of aryl methyl sites for hydroxylation is 1. The Morgan fingerprint density at radius 3 is 2.90 bits per heavy atom. The monoisotopic (exact) mass is 301 g/mol. The Kier molecular flexibility index (Phi) is 4.59. The largest absolute Gasteiger partial charge is 0.394 e. The van der Waals surface area contributed by atoms with E-state index in [2.05, 4.69) is 9.82 Å². The van der Waals surface area contributed by atoms with Gasteiger partial charge in [-0.3, -0.25) is 14.3 Å². The third-order valence-electron chi connectivity index (χ3n) is 3.68. The number of aromatic nitrogens is 2. The van der Waals surface area contributed by atoms with Gasteiger partial charge in [0, 0.05) is 24.6 Å². The molecule has 1 saturated heterocycles. The zero-order valence-corrected chi connectivity index (χ0v) is 11.6. The van der Waals surface area contributed by atoms with Crippen molar-refractivity contribution in [3.63, 3.8) is 0 Å². The summed E-state index contributed by atoms with van der Waals surface area (Å²) in [4.78, 5) is 30.3. The number of nitrogens with two attached hydrogens (primary N) is 1. The lowest BCUT2D eigenvalue weighted by Crippen LogP contribution is -2.45. The van der Waals surface area contributed by atoms with Crippen LogP contribution in [0.2, 0.25) is 0 Å². The number of hydrogen-bond acceptors (Lipinski definition) is 7. The van der Waals surface area contributed by atoms with Crippen LogP contribution in [-0.4, -0.2) is 45.2 Å². The van der Waals surface area contributed by atoms with Crippen LogP contribution in [0.25, 0.3) is 0 Å². The van der Waals surface area contributed by atoms with Gasteiger partial charge in [0.2, 0.25) is 0 Å². The molecule has 0 amide bonds. The first-order valence-corrected chi connectivity index (χ1v) is 6.55. The summed E-state index contributed by atoms with van der Waals surface area (Å²) in [5, 5.41) is 19.2. The molecule has 0 radical (unpaired) electrons. The SMILES string of the molecule is Cc1cn([C@@]2(CCON)C[C@H](O)[C@@H](CO)O2)c(=O)[nH]c1=O. The van der Waals surface area contributed by atoms with Crippen molar-refractivity contribution in [2.24, 2.45) is 5.90 Å². The molecule has 0 bridgehead atoms. The molecule has 0 saturated carbocycles. The van der Waals surface area contributed by atoms with E-state index in [-0.39, 0.29) is 26.1 Å². The second-order valence-corrected chi connectivity index (χ2v) is 5.12. The van der Waals surface area contributed by atoms with Crippen LogP contribution >= 0.6 is 0 Å². The number of aliphatic hydroxyl groups is 2. The minimum absolute atomic E-state index is 0.0764. The maximum atomic E-state index is 12.1. The molecule has 118 valence electrons. The lowest BCUT2D eigenvalue weighted by atomic mass is 10.0. The first kappa shape index (κ1) is 15.9. The molecule has 1 aliphatic heterocycles. The fourth-order valence-electron chi connectivity index (χ4n) is 2.55. The molecule has 1 fully saturated rings. The number of nitrogens with zero attached hydrogens (tertiary/aromatic N) is 1. The predicted molar refractivity (Wildman–Crippen MR) is 71.4 cm³/mol. The molecule has 2 rings (SSSR count). The molecule has 2 heterocycles. The van der Waals surface area contributed by atoms with Crippen LogP contribution in [0.4, 0.5) is 0 Å². The molecule has 1 aliphatic rings. The van der Waals surface area contributed by atoms with Gasteiger partial charge in [0.1, 0.15) is 6.10 Å². The van der Waals surface area contributed by atoms with Crippen LogP contribution < -0.4 is 17.1 Å². The highest BCUT2D eigenvalue weighted by atomic mass is 16.6. The van der Waals surface area contributed by atoms with Crippen molar-refractivity contribution < 1.29 is 19.8 Å². The Balaban J connectivity index is 2.49. The molecule has 9 nitrogen and oxygen atoms in total. The van der Waals surface area contributed by atoms with E-state index in [1.807, 2.05) is 0 Å². The third-order valence-corrected chi connectivity index (χ3v) is 3.68. The summed E-state index contributed by atoms with van der Waals surface area (Å²) in [5.41, 5.74) is -2.04. The molecule has 1 aromatic heterocycles. The molecule has 0 spiro atoms. The molecule has 0 aromatic carbocycles. The van der Waals surface area contributed by atoms with E-state index in [9.17, 15) is 19.8 Å². The van der Waals surface area contributed by atoms with Gasteiger partial charge in [-0.2, -0.15) is 0 Å². The Bertz CT molecular complexity index is 612. The maximum Gasteiger partial charge on any atom is 0.330 e. The standard InChI is InChI=1S/C12H19N3O6/c1-7-5-15(11(19)14-10(7)18)12(2-3-20-13)4-8(17)9(6-16)21-12/h5,8-9,16-17H,2-4,6,13H2,1H3,(H,14,18,19)/t8-,9+,12+/m0/s1. The molecule has 1 aromatic rings. The maximum absolute atomic E-state index is 12.1. The molecule has 9 heteroatoms. The van der Waals surface area contributed by atoms with Gasteiger partial charge in [-0.15, -0.1) is 0 Å². The predicted octanol–water partition coefficient (Wildman–Crippen LogP) is -2.08. The smallest absolute Gasteiger partial charge is 0.330 e. The average molecular weight is 301 g/mol. The Labute approximate surface area is 119 Å². The van der Waals surface area contributed by atoms with Gasteiger partial charge in [0.05, 0.1) is 19.3 Å². The van der Waals surface area contributed by atoms with Crippen LogP contribution in [0.5, 0.6) is 0 Å². The quantitative estimate of drug-likeness (QED) is 0.457. The fraction of sp³-hybridized carbons (Fsp3) is 0.667.